The second kappa shape index (κ2) is 9.86. The molecule has 0 N–H and O–H groups in total. The number of benzene rings is 3. The van der Waals surface area contributed by atoms with Crippen molar-refractivity contribution < 1.29 is 18.8 Å². The number of para-hydroxylation sites is 1. The predicted molar refractivity (Wildman–Crippen MR) is 143 cm³/mol. The zero-order valence-electron chi connectivity index (χ0n) is 19.7. The molecule has 11 heteroatoms. The molecule has 0 aliphatic rings. The van der Waals surface area contributed by atoms with Crippen molar-refractivity contribution in [1.82, 2.24) is 9.66 Å². The van der Waals surface area contributed by atoms with Gasteiger partial charge in [-0.3, -0.25) is 14.9 Å². The summed E-state index contributed by atoms with van der Waals surface area (Å²) in [4.78, 5) is 29.2. The van der Waals surface area contributed by atoms with Gasteiger partial charge in [-0.2, -0.15) is 9.78 Å². The van der Waals surface area contributed by atoms with Crippen molar-refractivity contribution in [3.05, 3.63) is 91.2 Å². The zero-order chi connectivity index (χ0) is 26.1. The van der Waals surface area contributed by atoms with Crippen molar-refractivity contribution in [2.75, 3.05) is 13.7 Å². The summed E-state index contributed by atoms with van der Waals surface area (Å²) in [5, 5.41) is 17.2. The van der Waals surface area contributed by atoms with Crippen molar-refractivity contribution in [3.63, 3.8) is 0 Å². The fourth-order valence-electron chi connectivity index (χ4n) is 3.93. The lowest BCUT2D eigenvalue weighted by molar-refractivity contribution is -0.385. The van der Waals surface area contributed by atoms with Gasteiger partial charge in [0.1, 0.15) is 5.58 Å². The third-order valence-electron chi connectivity index (χ3n) is 5.53. The minimum atomic E-state index is -0.569. The van der Waals surface area contributed by atoms with Gasteiger partial charge in [-0.25, -0.2) is 4.98 Å². The Labute approximate surface area is 218 Å². The standard InChI is InChI=1S/C26H19BrN4O6/c1-3-36-22-11-15(10-20(31(33)34)24(22)35-2)14-28-30-25(29-19-7-5-4-6-18(19)26(30)32)23-13-16-12-17(27)8-9-21(16)37-23/h4-14H,3H2,1-2H3. The lowest BCUT2D eigenvalue weighted by Gasteiger charge is -2.10. The number of hydrogen-bond acceptors (Lipinski definition) is 8. The van der Waals surface area contributed by atoms with E-state index in [1.807, 2.05) is 12.1 Å². The van der Waals surface area contributed by atoms with E-state index in [4.69, 9.17) is 13.9 Å². The summed E-state index contributed by atoms with van der Waals surface area (Å²) in [6, 6.07) is 17.1. The topological polar surface area (TPSA) is 122 Å². The largest absolute Gasteiger partial charge is 0.490 e. The Hall–Kier alpha value is -4.51. The van der Waals surface area contributed by atoms with Gasteiger partial charge < -0.3 is 13.9 Å². The third-order valence-corrected chi connectivity index (χ3v) is 6.03. The van der Waals surface area contributed by atoms with Crippen LogP contribution in [-0.4, -0.2) is 34.5 Å². The molecule has 5 rings (SSSR count). The Balaban J connectivity index is 1.70. The maximum absolute atomic E-state index is 13.5. The maximum atomic E-state index is 13.5. The van der Waals surface area contributed by atoms with Crippen LogP contribution in [0, 0.1) is 10.1 Å². The van der Waals surface area contributed by atoms with E-state index in [0.29, 0.717) is 27.8 Å². The van der Waals surface area contributed by atoms with E-state index >= 15 is 0 Å². The van der Waals surface area contributed by atoms with Crippen molar-refractivity contribution in [2.45, 2.75) is 6.92 Å². The van der Waals surface area contributed by atoms with Crippen LogP contribution in [0.3, 0.4) is 0 Å². The smallest absolute Gasteiger partial charge is 0.315 e. The lowest BCUT2D eigenvalue weighted by atomic mass is 10.2. The summed E-state index contributed by atoms with van der Waals surface area (Å²) in [6.07, 6.45) is 1.33. The van der Waals surface area contributed by atoms with E-state index in [-0.39, 0.29) is 29.6 Å². The highest BCUT2D eigenvalue weighted by Crippen LogP contribution is 2.38. The number of nitro benzene ring substituents is 1. The molecule has 37 heavy (non-hydrogen) atoms. The molecular weight excluding hydrogens is 544 g/mol. The van der Waals surface area contributed by atoms with Gasteiger partial charge in [-0.05, 0) is 49.4 Å². The fourth-order valence-corrected chi connectivity index (χ4v) is 4.30. The number of hydrogen-bond donors (Lipinski definition) is 0. The second-order valence-electron chi connectivity index (χ2n) is 7.87. The molecule has 0 aliphatic heterocycles. The lowest BCUT2D eigenvalue weighted by Crippen LogP contribution is -2.20. The molecule has 2 aromatic heterocycles. The first-order valence-corrected chi connectivity index (χ1v) is 11.9. The van der Waals surface area contributed by atoms with Crippen LogP contribution in [0.5, 0.6) is 11.5 Å². The average molecular weight is 563 g/mol. The summed E-state index contributed by atoms with van der Waals surface area (Å²) in [5.41, 5.74) is 0.710. The minimum absolute atomic E-state index is 0.00247. The maximum Gasteiger partial charge on any atom is 0.315 e. The Kier molecular flexibility index (Phi) is 6.45. The Morgan fingerprint density at radius 1 is 1.19 bits per heavy atom. The molecule has 0 saturated carbocycles. The van der Waals surface area contributed by atoms with Gasteiger partial charge in [0.2, 0.25) is 11.6 Å². The van der Waals surface area contributed by atoms with Gasteiger partial charge >= 0.3 is 5.69 Å². The summed E-state index contributed by atoms with van der Waals surface area (Å²) in [6.45, 7) is 2.03. The summed E-state index contributed by atoms with van der Waals surface area (Å²) in [7, 11) is 1.33. The van der Waals surface area contributed by atoms with Gasteiger partial charge in [0, 0.05) is 21.5 Å². The van der Waals surface area contributed by atoms with Crippen LogP contribution in [0.15, 0.2) is 79.4 Å². The monoisotopic (exact) mass is 562 g/mol. The van der Waals surface area contributed by atoms with Crippen LogP contribution in [0.25, 0.3) is 33.5 Å². The molecule has 0 aliphatic carbocycles. The minimum Gasteiger partial charge on any atom is -0.490 e. The number of fused-ring (bicyclic) bond motifs is 2. The number of halogens is 1. The SMILES string of the molecule is CCOc1cc(C=Nn2c(-c3cc4cc(Br)ccc4o3)nc3ccccc3c2=O)cc([N+](=O)[O-])c1OC. The van der Waals surface area contributed by atoms with Crippen LogP contribution in [0.1, 0.15) is 12.5 Å². The van der Waals surface area contributed by atoms with Gasteiger partial charge in [0.15, 0.2) is 11.5 Å². The van der Waals surface area contributed by atoms with E-state index < -0.39 is 10.5 Å². The van der Waals surface area contributed by atoms with Gasteiger partial charge in [-0.1, -0.05) is 28.1 Å². The van der Waals surface area contributed by atoms with Crippen LogP contribution in [-0.2, 0) is 0 Å². The number of rotatable bonds is 7. The molecule has 5 aromatic rings. The Morgan fingerprint density at radius 2 is 2.00 bits per heavy atom. The predicted octanol–water partition coefficient (Wildman–Crippen LogP) is 5.77. The first-order valence-electron chi connectivity index (χ1n) is 11.1. The molecule has 0 saturated heterocycles. The number of aromatic nitrogens is 2. The molecule has 2 heterocycles. The molecule has 0 atom stereocenters. The normalized spacial score (nSPS) is 11.4. The number of ether oxygens (including phenoxy) is 2. The molecule has 10 nitrogen and oxygen atoms in total. The van der Waals surface area contributed by atoms with Crippen LogP contribution >= 0.6 is 15.9 Å². The van der Waals surface area contributed by atoms with E-state index in [2.05, 4.69) is 26.0 Å². The number of methoxy groups -OCH3 is 1. The zero-order valence-corrected chi connectivity index (χ0v) is 21.3. The molecule has 0 bridgehead atoms. The van der Waals surface area contributed by atoms with E-state index in [0.717, 1.165) is 14.5 Å². The number of nitrogens with zero attached hydrogens (tertiary/aromatic N) is 4. The van der Waals surface area contributed by atoms with Crippen molar-refractivity contribution in [1.29, 1.82) is 0 Å². The quantitative estimate of drug-likeness (QED) is 0.140. The summed E-state index contributed by atoms with van der Waals surface area (Å²) >= 11 is 3.45. The number of furan rings is 1. The molecule has 186 valence electrons. The van der Waals surface area contributed by atoms with E-state index in [1.54, 1.807) is 49.4 Å². The third kappa shape index (κ3) is 4.56. The van der Waals surface area contributed by atoms with Gasteiger partial charge in [0.05, 0.1) is 35.8 Å². The first-order chi connectivity index (χ1) is 17.9. The van der Waals surface area contributed by atoms with Crippen molar-refractivity contribution in [2.24, 2.45) is 5.10 Å². The average Bonchev–Trinajstić information content (AvgIpc) is 3.31. The van der Waals surface area contributed by atoms with Gasteiger partial charge in [0.25, 0.3) is 5.56 Å². The van der Waals surface area contributed by atoms with Crippen LogP contribution in [0.2, 0.25) is 0 Å². The molecule has 0 spiro atoms. The van der Waals surface area contributed by atoms with E-state index in [9.17, 15) is 14.9 Å². The molecule has 0 unspecified atom stereocenters. The fraction of sp³-hybridized carbons (Fsp3) is 0.115. The van der Waals surface area contributed by atoms with Crippen molar-refractivity contribution in [3.8, 4) is 23.1 Å². The highest BCUT2D eigenvalue weighted by molar-refractivity contribution is 9.10. The molecule has 0 radical (unpaired) electrons. The Morgan fingerprint density at radius 3 is 2.76 bits per heavy atom. The Bertz CT molecular complexity index is 1760. The molecule has 3 aromatic carbocycles. The molecular formula is C26H19BrN4O6. The summed E-state index contributed by atoms with van der Waals surface area (Å²) in [5.74, 6) is 0.708. The summed E-state index contributed by atoms with van der Waals surface area (Å²) < 4.78 is 18.7. The molecule has 0 fully saturated rings. The van der Waals surface area contributed by atoms with Crippen LogP contribution < -0.4 is 15.0 Å². The highest BCUT2D eigenvalue weighted by atomic mass is 79.9. The molecule has 0 amide bonds. The van der Waals surface area contributed by atoms with Crippen molar-refractivity contribution >= 4 is 49.7 Å². The number of nitro groups is 1. The first kappa shape index (κ1) is 24.2. The second-order valence-corrected chi connectivity index (χ2v) is 8.78. The highest BCUT2D eigenvalue weighted by Gasteiger charge is 2.22. The van der Waals surface area contributed by atoms with E-state index in [1.165, 1.54) is 19.4 Å². The van der Waals surface area contributed by atoms with Gasteiger partial charge in [-0.15, -0.1) is 0 Å². The van der Waals surface area contributed by atoms with Crippen LogP contribution in [0.4, 0.5) is 5.69 Å².